The van der Waals surface area contributed by atoms with Crippen LogP contribution in [0.4, 0.5) is 0 Å². The smallest absolute Gasteiger partial charge is 0.0471 e. The molecule has 0 saturated heterocycles. The summed E-state index contributed by atoms with van der Waals surface area (Å²) in [6.45, 7) is 0.219. The van der Waals surface area contributed by atoms with Gasteiger partial charge in [0, 0.05) is 11.9 Å². The molecule has 0 aromatic heterocycles. The summed E-state index contributed by atoms with van der Waals surface area (Å²) in [7, 11) is 0. The molecule has 2 heteroatoms. The molecule has 70 valence electrons. The van der Waals surface area contributed by atoms with Crippen LogP contribution in [0.1, 0.15) is 11.1 Å². The van der Waals surface area contributed by atoms with E-state index < -0.39 is 0 Å². The van der Waals surface area contributed by atoms with Gasteiger partial charge in [0.1, 0.15) is 0 Å². The van der Waals surface area contributed by atoms with E-state index in [-0.39, 0.29) is 6.61 Å². The first-order chi connectivity index (χ1) is 6.36. The Hall–Kier alpha value is -0.600. The molecule has 0 aliphatic heterocycles. The Balaban J connectivity index is 2.64. The van der Waals surface area contributed by atoms with Crippen molar-refractivity contribution in [2.75, 3.05) is 11.9 Å². The van der Waals surface area contributed by atoms with Crippen LogP contribution in [0.3, 0.4) is 0 Å². The summed E-state index contributed by atoms with van der Waals surface area (Å²) in [5.41, 5.74) is 2.37. The first-order valence-corrected chi connectivity index (χ1v) is 5.41. The number of hydrogen-bond donors (Lipinski definition) is 1. The van der Waals surface area contributed by atoms with Crippen molar-refractivity contribution in [3.05, 3.63) is 41.5 Å². The summed E-state index contributed by atoms with van der Waals surface area (Å²) in [6, 6.07) is 8.21. The number of aliphatic hydroxyl groups is 1. The molecular weight excluding hydrogens is 228 g/mol. The molecule has 1 nitrogen and oxygen atoms in total. The first-order valence-electron chi connectivity index (χ1n) is 4.29. The van der Waals surface area contributed by atoms with Crippen molar-refractivity contribution < 1.29 is 5.11 Å². The van der Waals surface area contributed by atoms with Crippen molar-refractivity contribution >= 4 is 22.0 Å². The van der Waals surface area contributed by atoms with Crippen LogP contribution in [-0.2, 0) is 6.42 Å². The van der Waals surface area contributed by atoms with Gasteiger partial charge in [-0.25, -0.2) is 0 Å². The van der Waals surface area contributed by atoms with Crippen molar-refractivity contribution in [3.63, 3.8) is 0 Å². The van der Waals surface area contributed by atoms with Crippen LogP contribution in [0.25, 0.3) is 6.08 Å². The van der Waals surface area contributed by atoms with Gasteiger partial charge in [-0.1, -0.05) is 52.3 Å². The standard InChI is InChI=1S/C11H13BrO/c12-8-1-2-10-3-5-11(6-4-10)7-9-13/h1-6,13H,7-9H2. The normalized spacial score (nSPS) is 10.9. The Morgan fingerprint density at radius 2 is 1.92 bits per heavy atom. The van der Waals surface area contributed by atoms with Gasteiger partial charge >= 0.3 is 0 Å². The maximum atomic E-state index is 8.71. The first kappa shape index (κ1) is 10.5. The van der Waals surface area contributed by atoms with E-state index in [1.165, 1.54) is 11.1 Å². The molecule has 0 amide bonds. The summed E-state index contributed by atoms with van der Waals surface area (Å²) < 4.78 is 0. The van der Waals surface area contributed by atoms with Gasteiger partial charge in [0.25, 0.3) is 0 Å². The molecule has 1 aromatic carbocycles. The highest BCUT2D eigenvalue weighted by Crippen LogP contribution is 2.06. The van der Waals surface area contributed by atoms with Gasteiger partial charge in [-0.05, 0) is 17.5 Å². The van der Waals surface area contributed by atoms with E-state index in [1.807, 2.05) is 12.1 Å². The van der Waals surface area contributed by atoms with Crippen molar-refractivity contribution in [2.45, 2.75) is 6.42 Å². The average molecular weight is 241 g/mol. The second-order valence-corrected chi connectivity index (χ2v) is 3.42. The third kappa shape index (κ3) is 3.75. The minimum atomic E-state index is 0.219. The molecule has 0 aliphatic carbocycles. The Morgan fingerprint density at radius 1 is 1.23 bits per heavy atom. The Kier molecular flexibility index (Phi) is 4.79. The van der Waals surface area contributed by atoms with Crippen LogP contribution in [0, 0.1) is 0 Å². The number of benzene rings is 1. The van der Waals surface area contributed by atoms with E-state index >= 15 is 0 Å². The lowest BCUT2D eigenvalue weighted by Gasteiger charge is -1.98. The molecule has 1 aromatic rings. The number of halogens is 1. The Labute approximate surface area is 87.2 Å². The van der Waals surface area contributed by atoms with Crippen molar-refractivity contribution in [3.8, 4) is 0 Å². The van der Waals surface area contributed by atoms with E-state index in [0.29, 0.717) is 0 Å². The topological polar surface area (TPSA) is 20.2 Å². The van der Waals surface area contributed by atoms with E-state index in [4.69, 9.17) is 5.11 Å². The lowest BCUT2D eigenvalue weighted by atomic mass is 10.1. The van der Waals surface area contributed by atoms with Gasteiger partial charge in [0.15, 0.2) is 0 Å². The summed E-state index contributed by atoms with van der Waals surface area (Å²) in [5, 5.41) is 9.59. The predicted molar refractivity (Wildman–Crippen MR) is 60.1 cm³/mol. The quantitative estimate of drug-likeness (QED) is 0.803. The highest BCUT2D eigenvalue weighted by molar-refractivity contribution is 9.09. The minimum absolute atomic E-state index is 0.219. The van der Waals surface area contributed by atoms with Gasteiger partial charge in [0.2, 0.25) is 0 Å². The van der Waals surface area contributed by atoms with E-state index in [1.54, 1.807) is 0 Å². The molecule has 13 heavy (non-hydrogen) atoms. The largest absolute Gasteiger partial charge is 0.396 e. The second kappa shape index (κ2) is 5.95. The van der Waals surface area contributed by atoms with Crippen molar-refractivity contribution in [1.29, 1.82) is 0 Å². The van der Waals surface area contributed by atoms with Crippen LogP contribution < -0.4 is 0 Å². The monoisotopic (exact) mass is 240 g/mol. The molecule has 0 radical (unpaired) electrons. The van der Waals surface area contributed by atoms with Gasteiger partial charge in [-0.15, -0.1) is 0 Å². The van der Waals surface area contributed by atoms with Gasteiger partial charge in [0.05, 0.1) is 0 Å². The van der Waals surface area contributed by atoms with Crippen LogP contribution in [-0.4, -0.2) is 17.0 Å². The summed E-state index contributed by atoms with van der Waals surface area (Å²) >= 11 is 3.33. The summed E-state index contributed by atoms with van der Waals surface area (Å²) in [5.74, 6) is 0. The van der Waals surface area contributed by atoms with Crippen LogP contribution >= 0.6 is 15.9 Å². The highest BCUT2D eigenvalue weighted by atomic mass is 79.9. The Morgan fingerprint density at radius 3 is 2.46 bits per heavy atom. The summed E-state index contributed by atoms with van der Waals surface area (Å²) in [4.78, 5) is 0. The molecular formula is C11H13BrO. The van der Waals surface area contributed by atoms with Crippen LogP contribution in [0.2, 0.25) is 0 Å². The number of aliphatic hydroxyl groups excluding tert-OH is 1. The minimum Gasteiger partial charge on any atom is -0.396 e. The van der Waals surface area contributed by atoms with Crippen LogP contribution in [0.5, 0.6) is 0 Å². The SMILES string of the molecule is OCCc1ccc(C=CCBr)cc1. The predicted octanol–water partition coefficient (Wildman–Crippen LogP) is 2.63. The van der Waals surface area contributed by atoms with Gasteiger partial charge in [-0.3, -0.25) is 0 Å². The fourth-order valence-corrected chi connectivity index (χ4v) is 1.29. The van der Waals surface area contributed by atoms with Crippen molar-refractivity contribution in [2.24, 2.45) is 0 Å². The van der Waals surface area contributed by atoms with E-state index in [0.717, 1.165) is 11.8 Å². The van der Waals surface area contributed by atoms with E-state index in [9.17, 15) is 0 Å². The lowest BCUT2D eigenvalue weighted by molar-refractivity contribution is 0.299. The second-order valence-electron chi connectivity index (χ2n) is 2.77. The highest BCUT2D eigenvalue weighted by Gasteiger charge is 1.90. The molecule has 1 N–H and O–H groups in total. The molecule has 0 spiro atoms. The van der Waals surface area contributed by atoms with Crippen LogP contribution in [0.15, 0.2) is 30.3 Å². The zero-order chi connectivity index (χ0) is 9.52. The third-order valence-electron chi connectivity index (χ3n) is 1.78. The fraction of sp³-hybridized carbons (Fsp3) is 0.273. The zero-order valence-corrected chi connectivity index (χ0v) is 9.00. The maximum absolute atomic E-state index is 8.71. The molecule has 0 bridgehead atoms. The third-order valence-corrected chi connectivity index (χ3v) is 2.15. The summed E-state index contributed by atoms with van der Waals surface area (Å²) in [6.07, 6.45) is 4.86. The van der Waals surface area contributed by atoms with Crippen molar-refractivity contribution in [1.82, 2.24) is 0 Å². The van der Waals surface area contributed by atoms with Gasteiger partial charge in [-0.2, -0.15) is 0 Å². The lowest BCUT2D eigenvalue weighted by Crippen LogP contribution is -1.89. The number of hydrogen-bond acceptors (Lipinski definition) is 1. The molecule has 0 saturated carbocycles. The molecule has 1 rings (SSSR count). The molecule has 0 heterocycles. The maximum Gasteiger partial charge on any atom is 0.0471 e. The fourth-order valence-electron chi connectivity index (χ4n) is 1.11. The average Bonchev–Trinajstić information content (AvgIpc) is 2.17. The molecule has 0 atom stereocenters. The molecule has 0 unspecified atom stereocenters. The molecule has 0 fully saturated rings. The number of rotatable bonds is 4. The Bertz CT molecular complexity index is 264. The zero-order valence-electron chi connectivity index (χ0n) is 7.41. The van der Waals surface area contributed by atoms with E-state index in [2.05, 4.69) is 40.2 Å². The molecule has 0 aliphatic rings. The number of alkyl halides is 1. The number of allylic oxidation sites excluding steroid dienone is 1. The van der Waals surface area contributed by atoms with Gasteiger partial charge < -0.3 is 5.11 Å².